The zero-order valence-corrected chi connectivity index (χ0v) is 16.1. The molecule has 7 heteroatoms. The highest BCUT2D eigenvalue weighted by molar-refractivity contribution is 5.81. The molecular formula is C21H25FN4O2. The predicted octanol–water partition coefficient (Wildman–Crippen LogP) is 2.51. The van der Waals surface area contributed by atoms with Crippen LogP contribution in [0.2, 0.25) is 0 Å². The van der Waals surface area contributed by atoms with Crippen LogP contribution in [0.25, 0.3) is 5.82 Å². The molecule has 1 aliphatic carbocycles. The minimum atomic E-state index is -0.812. The van der Waals surface area contributed by atoms with E-state index in [9.17, 15) is 9.18 Å². The number of amides is 1. The second-order valence-corrected chi connectivity index (χ2v) is 8.06. The Bertz CT molecular complexity index is 894. The molecular weight excluding hydrogens is 359 g/mol. The fraction of sp³-hybridized carbons (Fsp3) is 0.524. The average Bonchev–Trinajstić information content (AvgIpc) is 3.34. The number of anilines is 1. The van der Waals surface area contributed by atoms with Gasteiger partial charge < -0.3 is 19.1 Å². The van der Waals surface area contributed by atoms with Crippen LogP contribution in [0.1, 0.15) is 25.0 Å². The van der Waals surface area contributed by atoms with Gasteiger partial charge in [-0.3, -0.25) is 4.79 Å². The van der Waals surface area contributed by atoms with Gasteiger partial charge in [-0.1, -0.05) is 0 Å². The number of aromatic nitrogens is 2. The summed E-state index contributed by atoms with van der Waals surface area (Å²) in [6.45, 7) is 2.62. The maximum Gasteiger partial charge on any atom is 0.225 e. The Balaban J connectivity index is 1.53. The fourth-order valence-corrected chi connectivity index (χ4v) is 5.04. The molecule has 1 atom stereocenters. The van der Waals surface area contributed by atoms with Gasteiger partial charge in [0.1, 0.15) is 11.7 Å². The normalized spacial score (nSPS) is 28.2. The van der Waals surface area contributed by atoms with E-state index in [-0.39, 0.29) is 17.4 Å². The summed E-state index contributed by atoms with van der Waals surface area (Å²) in [6, 6.07) is 8.22. The quantitative estimate of drug-likeness (QED) is 0.813. The highest BCUT2D eigenvalue weighted by atomic mass is 19.1. The van der Waals surface area contributed by atoms with E-state index in [1.54, 1.807) is 7.11 Å². The van der Waals surface area contributed by atoms with Crippen LogP contribution >= 0.6 is 0 Å². The Labute approximate surface area is 163 Å². The highest BCUT2D eigenvalue weighted by Crippen LogP contribution is 2.47. The number of halogens is 1. The van der Waals surface area contributed by atoms with Crippen molar-refractivity contribution in [3.05, 3.63) is 42.4 Å². The third-order valence-electron chi connectivity index (χ3n) is 6.54. The molecule has 2 aromatic rings. The lowest BCUT2D eigenvalue weighted by Gasteiger charge is -2.47. The van der Waals surface area contributed by atoms with Crippen molar-refractivity contribution in [1.82, 2.24) is 14.5 Å². The first-order valence-electron chi connectivity index (χ1n) is 9.97. The third-order valence-corrected chi connectivity index (χ3v) is 6.54. The van der Waals surface area contributed by atoms with E-state index in [4.69, 9.17) is 4.74 Å². The Kier molecular flexibility index (Phi) is 4.16. The Morgan fingerprint density at radius 2 is 2.21 bits per heavy atom. The van der Waals surface area contributed by atoms with Gasteiger partial charge in [0.25, 0.3) is 0 Å². The van der Waals surface area contributed by atoms with Crippen LogP contribution in [0, 0.1) is 5.92 Å². The van der Waals surface area contributed by atoms with Crippen molar-refractivity contribution in [3.63, 3.8) is 0 Å². The number of likely N-dealkylation sites (tertiary alicyclic amines) is 1. The summed E-state index contributed by atoms with van der Waals surface area (Å²) >= 11 is 0. The van der Waals surface area contributed by atoms with Crippen LogP contribution in [0.3, 0.4) is 0 Å². The van der Waals surface area contributed by atoms with Crippen LogP contribution in [-0.2, 0) is 15.1 Å². The Morgan fingerprint density at radius 3 is 3.00 bits per heavy atom. The molecule has 2 fully saturated rings. The Morgan fingerprint density at radius 1 is 1.36 bits per heavy atom. The number of nitrogens with zero attached hydrogens (tertiary/aromatic N) is 4. The largest absolute Gasteiger partial charge is 0.383 e. The molecule has 148 valence electrons. The lowest BCUT2D eigenvalue weighted by atomic mass is 9.82. The monoisotopic (exact) mass is 384 g/mol. The van der Waals surface area contributed by atoms with E-state index in [1.807, 2.05) is 29.4 Å². The molecule has 3 aliphatic rings. The fourth-order valence-electron chi connectivity index (χ4n) is 5.04. The van der Waals surface area contributed by atoms with E-state index < -0.39 is 6.17 Å². The summed E-state index contributed by atoms with van der Waals surface area (Å²) in [6.07, 6.45) is 4.63. The first-order valence-corrected chi connectivity index (χ1v) is 9.97. The third kappa shape index (κ3) is 2.49. The second-order valence-electron chi connectivity index (χ2n) is 8.06. The van der Waals surface area contributed by atoms with Crippen molar-refractivity contribution in [2.75, 3.05) is 38.3 Å². The maximum absolute atomic E-state index is 13.3. The number of alkyl halides is 1. The highest BCUT2D eigenvalue weighted by Gasteiger charge is 2.52. The average molecular weight is 384 g/mol. The summed E-state index contributed by atoms with van der Waals surface area (Å²) < 4.78 is 20.8. The van der Waals surface area contributed by atoms with Crippen molar-refractivity contribution >= 4 is 11.6 Å². The molecule has 1 spiro atoms. The van der Waals surface area contributed by atoms with Gasteiger partial charge in [0.2, 0.25) is 5.91 Å². The molecule has 0 unspecified atom stereocenters. The molecule has 6 nitrogen and oxygen atoms in total. The van der Waals surface area contributed by atoms with Crippen LogP contribution in [0.4, 0.5) is 10.1 Å². The second kappa shape index (κ2) is 6.58. The van der Waals surface area contributed by atoms with Crippen molar-refractivity contribution in [2.24, 2.45) is 5.92 Å². The summed E-state index contributed by atoms with van der Waals surface area (Å²) in [4.78, 5) is 21.8. The molecule has 2 aromatic heterocycles. The molecule has 0 aromatic carbocycles. The molecule has 2 aliphatic heterocycles. The standard InChI is InChI=1S/C21H25FN4O2/c1-28-11-10-26-17-4-2-7-23-19(17)25-8-3-5-18(25)21(26)6-9-24(14-21)20(27)15-12-16(22)13-15/h2-5,7-8,15-16H,6,9-14H2,1H3/t15?,16?,21-/m0/s1. The van der Waals surface area contributed by atoms with Gasteiger partial charge in [0.05, 0.1) is 18.0 Å². The van der Waals surface area contributed by atoms with Crippen LogP contribution < -0.4 is 4.90 Å². The van der Waals surface area contributed by atoms with E-state index in [0.29, 0.717) is 32.5 Å². The maximum atomic E-state index is 13.3. The van der Waals surface area contributed by atoms with Gasteiger partial charge >= 0.3 is 0 Å². The number of ether oxygens (including phenoxy) is 1. The van der Waals surface area contributed by atoms with E-state index >= 15 is 0 Å². The number of carbonyl (C=O) groups is 1. The molecule has 5 rings (SSSR count). The first-order chi connectivity index (χ1) is 13.6. The SMILES string of the molecule is COCCN1c2cccnc2-n2cccc2[C@@]12CCN(C(=O)C1CC(F)C1)C2. The number of hydrogen-bond donors (Lipinski definition) is 0. The lowest BCUT2D eigenvalue weighted by molar-refractivity contribution is -0.139. The first kappa shape index (κ1) is 17.7. The van der Waals surface area contributed by atoms with E-state index in [2.05, 4.69) is 26.6 Å². The van der Waals surface area contributed by atoms with Gasteiger partial charge in [0, 0.05) is 45.1 Å². The van der Waals surface area contributed by atoms with E-state index in [0.717, 1.165) is 30.2 Å². The van der Waals surface area contributed by atoms with Gasteiger partial charge in [-0.05, 0) is 43.5 Å². The molecule has 1 saturated carbocycles. The molecule has 1 saturated heterocycles. The molecule has 0 bridgehead atoms. The van der Waals surface area contributed by atoms with Crippen LogP contribution in [0.15, 0.2) is 36.7 Å². The summed E-state index contributed by atoms with van der Waals surface area (Å²) in [7, 11) is 1.71. The lowest BCUT2D eigenvalue weighted by Crippen LogP contribution is -2.54. The molecule has 4 heterocycles. The molecule has 0 N–H and O–H groups in total. The number of fused-ring (bicyclic) bond motifs is 4. The summed E-state index contributed by atoms with van der Waals surface area (Å²) in [5.74, 6) is 0.864. The minimum Gasteiger partial charge on any atom is -0.383 e. The minimum absolute atomic E-state index is 0.104. The molecule has 0 radical (unpaired) electrons. The zero-order chi connectivity index (χ0) is 19.3. The number of hydrogen-bond acceptors (Lipinski definition) is 4. The number of rotatable bonds is 4. The zero-order valence-electron chi connectivity index (χ0n) is 16.1. The van der Waals surface area contributed by atoms with Crippen molar-refractivity contribution in [2.45, 2.75) is 31.0 Å². The predicted molar refractivity (Wildman–Crippen MR) is 103 cm³/mol. The van der Waals surface area contributed by atoms with Gasteiger partial charge in [-0.2, -0.15) is 0 Å². The van der Waals surface area contributed by atoms with Crippen molar-refractivity contribution in [1.29, 1.82) is 0 Å². The molecule has 28 heavy (non-hydrogen) atoms. The van der Waals surface area contributed by atoms with Crippen molar-refractivity contribution < 1.29 is 13.9 Å². The van der Waals surface area contributed by atoms with Crippen LogP contribution in [-0.4, -0.2) is 59.9 Å². The summed E-state index contributed by atoms with van der Waals surface area (Å²) in [5, 5.41) is 0. The van der Waals surface area contributed by atoms with Gasteiger partial charge in [-0.15, -0.1) is 0 Å². The number of methoxy groups -OCH3 is 1. The number of carbonyl (C=O) groups excluding carboxylic acids is 1. The summed E-state index contributed by atoms with van der Waals surface area (Å²) in [5.41, 5.74) is 1.90. The van der Waals surface area contributed by atoms with Gasteiger partial charge in [-0.25, -0.2) is 9.37 Å². The van der Waals surface area contributed by atoms with E-state index in [1.165, 1.54) is 0 Å². The van der Waals surface area contributed by atoms with Gasteiger partial charge in [0.15, 0.2) is 5.82 Å². The van der Waals surface area contributed by atoms with Crippen molar-refractivity contribution in [3.8, 4) is 5.82 Å². The Hall–Kier alpha value is -2.41. The topological polar surface area (TPSA) is 50.6 Å². The smallest absolute Gasteiger partial charge is 0.225 e. The number of pyridine rings is 1. The van der Waals surface area contributed by atoms with Crippen LogP contribution in [0.5, 0.6) is 0 Å². The molecule has 1 amide bonds.